The Kier molecular flexibility index (Phi) is 5.82. The zero-order valence-electron chi connectivity index (χ0n) is 19.3. The molecule has 2 saturated heterocycles. The molecule has 5 atom stereocenters. The SMILES string of the molecule is COC1COCCC1C[C@@H]1C[C@H]2CN(C)C[C@@]2(C(=O)N2CCc3ncc(C)cc3C2)C1. The highest BCUT2D eigenvalue weighted by Crippen LogP contribution is 2.54. The van der Waals surface area contributed by atoms with Crippen LogP contribution in [-0.2, 0) is 27.2 Å². The molecule has 1 aliphatic carbocycles. The Morgan fingerprint density at radius 3 is 3.13 bits per heavy atom. The first-order chi connectivity index (χ1) is 15.0. The first kappa shape index (κ1) is 21.4. The Morgan fingerprint density at radius 2 is 2.29 bits per heavy atom. The second kappa shape index (κ2) is 8.45. The van der Waals surface area contributed by atoms with Gasteiger partial charge in [0.05, 0.1) is 18.1 Å². The summed E-state index contributed by atoms with van der Waals surface area (Å²) in [4.78, 5) is 23.2. The van der Waals surface area contributed by atoms with Gasteiger partial charge in [0.15, 0.2) is 0 Å². The van der Waals surface area contributed by atoms with E-state index in [0.29, 0.717) is 30.3 Å². The normalized spacial score (nSPS) is 35.8. The maximum Gasteiger partial charge on any atom is 0.230 e. The topological polar surface area (TPSA) is 54.9 Å². The quantitative estimate of drug-likeness (QED) is 0.740. The lowest BCUT2D eigenvalue weighted by molar-refractivity contribution is -0.144. The molecule has 0 aromatic carbocycles. The molecule has 4 aliphatic rings. The van der Waals surface area contributed by atoms with E-state index in [9.17, 15) is 4.79 Å². The maximum absolute atomic E-state index is 14.0. The molecule has 0 N–H and O–H groups in total. The first-order valence-electron chi connectivity index (χ1n) is 12.0. The number of methoxy groups -OCH3 is 1. The van der Waals surface area contributed by atoms with Gasteiger partial charge in [0.2, 0.25) is 5.91 Å². The van der Waals surface area contributed by atoms with E-state index in [2.05, 4.69) is 34.8 Å². The van der Waals surface area contributed by atoms with Crippen molar-refractivity contribution in [2.75, 3.05) is 47.0 Å². The molecule has 5 rings (SSSR count). The third kappa shape index (κ3) is 3.91. The molecule has 170 valence electrons. The van der Waals surface area contributed by atoms with Crippen LogP contribution in [-0.4, -0.2) is 73.8 Å². The van der Waals surface area contributed by atoms with Crippen LogP contribution in [0.4, 0.5) is 0 Å². The number of aromatic nitrogens is 1. The molecule has 0 spiro atoms. The van der Waals surface area contributed by atoms with E-state index >= 15 is 0 Å². The number of hydrogen-bond acceptors (Lipinski definition) is 5. The van der Waals surface area contributed by atoms with Crippen molar-refractivity contribution in [2.24, 2.45) is 23.2 Å². The van der Waals surface area contributed by atoms with Crippen LogP contribution in [0.1, 0.15) is 42.5 Å². The van der Waals surface area contributed by atoms with Crippen LogP contribution in [0.5, 0.6) is 0 Å². The number of pyridine rings is 1. The Morgan fingerprint density at radius 1 is 1.42 bits per heavy atom. The monoisotopic (exact) mass is 427 g/mol. The summed E-state index contributed by atoms with van der Waals surface area (Å²) in [6.45, 7) is 7.12. The summed E-state index contributed by atoms with van der Waals surface area (Å²) in [5, 5.41) is 0. The lowest BCUT2D eigenvalue weighted by atomic mass is 9.78. The van der Waals surface area contributed by atoms with E-state index in [4.69, 9.17) is 9.47 Å². The highest BCUT2D eigenvalue weighted by atomic mass is 16.5. The van der Waals surface area contributed by atoms with Gasteiger partial charge in [0.25, 0.3) is 0 Å². The van der Waals surface area contributed by atoms with E-state index < -0.39 is 0 Å². The van der Waals surface area contributed by atoms with Crippen LogP contribution in [0.2, 0.25) is 0 Å². The van der Waals surface area contributed by atoms with Gasteiger partial charge in [0.1, 0.15) is 0 Å². The summed E-state index contributed by atoms with van der Waals surface area (Å²) in [5.74, 6) is 2.05. The second-order valence-electron chi connectivity index (χ2n) is 10.6. The van der Waals surface area contributed by atoms with Gasteiger partial charge >= 0.3 is 0 Å². The molecule has 1 aromatic rings. The van der Waals surface area contributed by atoms with Crippen LogP contribution in [0, 0.1) is 30.1 Å². The van der Waals surface area contributed by atoms with Crippen LogP contribution in [0.15, 0.2) is 12.3 Å². The van der Waals surface area contributed by atoms with Gasteiger partial charge in [-0.15, -0.1) is 0 Å². The van der Waals surface area contributed by atoms with Crippen LogP contribution >= 0.6 is 0 Å². The van der Waals surface area contributed by atoms with E-state index in [1.807, 2.05) is 6.20 Å². The summed E-state index contributed by atoms with van der Waals surface area (Å²) in [5.41, 5.74) is 3.37. The highest BCUT2D eigenvalue weighted by Gasteiger charge is 2.58. The Bertz CT molecular complexity index is 830. The Hall–Kier alpha value is -1.50. The molecule has 6 heteroatoms. The van der Waals surface area contributed by atoms with Gasteiger partial charge in [-0.25, -0.2) is 0 Å². The molecule has 1 aromatic heterocycles. The summed E-state index contributed by atoms with van der Waals surface area (Å²) >= 11 is 0. The van der Waals surface area contributed by atoms with Gasteiger partial charge < -0.3 is 19.3 Å². The number of rotatable bonds is 4. The lowest BCUT2D eigenvalue weighted by Gasteiger charge is -2.37. The molecule has 3 aliphatic heterocycles. The molecule has 1 amide bonds. The average Bonchev–Trinajstić information content (AvgIpc) is 3.25. The lowest BCUT2D eigenvalue weighted by Crippen LogP contribution is -2.48. The molecule has 6 nitrogen and oxygen atoms in total. The van der Waals surface area contributed by atoms with E-state index in [1.54, 1.807) is 7.11 Å². The standard InChI is InChI=1S/C25H37N3O3/c1-17-8-20-13-28(6-4-22(20)26-12-17)24(29)25-11-18(10-21(25)14-27(2)16-25)9-19-5-7-31-15-23(19)30-3/h8,12,18-19,21,23H,4-7,9-11,13-16H2,1-3H3/t18-,19?,21+,23?,25+/m1/s1. The Balaban J connectivity index is 1.32. The number of fused-ring (bicyclic) bond motifs is 2. The smallest absolute Gasteiger partial charge is 0.230 e. The minimum atomic E-state index is -0.206. The minimum absolute atomic E-state index is 0.206. The number of hydrogen-bond donors (Lipinski definition) is 0. The fraction of sp³-hybridized carbons (Fsp3) is 0.760. The van der Waals surface area contributed by atoms with Crippen molar-refractivity contribution in [1.82, 2.24) is 14.8 Å². The van der Waals surface area contributed by atoms with Gasteiger partial charge in [-0.1, -0.05) is 6.07 Å². The number of carbonyl (C=O) groups excluding carboxylic acids is 1. The number of amides is 1. The molecular weight excluding hydrogens is 390 g/mol. The number of aryl methyl sites for hydroxylation is 1. The molecule has 3 fully saturated rings. The fourth-order valence-corrected chi connectivity index (χ4v) is 7.02. The molecular formula is C25H37N3O3. The predicted molar refractivity (Wildman–Crippen MR) is 119 cm³/mol. The number of carbonyl (C=O) groups is 1. The van der Waals surface area contributed by atoms with E-state index in [0.717, 1.165) is 52.0 Å². The van der Waals surface area contributed by atoms with Gasteiger partial charge in [0, 0.05) is 58.2 Å². The second-order valence-corrected chi connectivity index (χ2v) is 10.6. The third-order valence-electron chi connectivity index (χ3n) is 8.41. The summed E-state index contributed by atoms with van der Waals surface area (Å²) in [6, 6.07) is 2.21. The molecule has 2 unspecified atom stereocenters. The average molecular weight is 428 g/mol. The number of likely N-dealkylation sites (tertiary alicyclic amines) is 1. The predicted octanol–water partition coefficient (Wildman–Crippen LogP) is 2.67. The molecule has 31 heavy (non-hydrogen) atoms. The van der Waals surface area contributed by atoms with Crippen molar-refractivity contribution in [3.05, 3.63) is 29.1 Å². The van der Waals surface area contributed by atoms with Crippen molar-refractivity contribution >= 4 is 5.91 Å². The highest BCUT2D eigenvalue weighted by molar-refractivity contribution is 5.84. The van der Waals surface area contributed by atoms with Crippen LogP contribution < -0.4 is 0 Å². The van der Waals surface area contributed by atoms with Gasteiger partial charge in [-0.2, -0.15) is 0 Å². The van der Waals surface area contributed by atoms with Crippen LogP contribution in [0.25, 0.3) is 0 Å². The van der Waals surface area contributed by atoms with Crippen molar-refractivity contribution < 1.29 is 14.3 Å². The molecule has 1 saturated carbocycles. The van der Waals surface area contributed by atoms with E-state index in [-0.39, 0.29) is 11.5 Å². The van der Waals surface area contributed by atoms with Crippen molar-refractivity contribution in [2.45, 2.75) is 51.7 Å². The van der Waals surface area contributed by atoms with Gasteiger partial charge in [-0.05, 0) is 68.5 Å². The summed E-state index contributed by atoms with van der Waals surface area (Å²) < 4.78 is 11.4. The van der Waals surface area contributed by atoms with Crippen molar-refractivity contribution in [3.8, 4) is 0 Å². The molecule has 4 heterocycles. The fourth-order valence-electron chi connectivity index (χ4n) is 7.02. The van der Waals surface area contributed by atoms with Crippen molar-refractivity contribution in [1.29, 1.82) is 0 Å². The molecule has 0 radical (unpaired) electrons. The summed E-state index contributed by atoms with van der Waals surface area (Å²) in [7, 11) is 3.99. The zero-order valence-corrected chi connectivity index (χ0v) is 19.3. The molecule has 0 bridgehead atoms. The van der Waals surface area contributed by atoms with Crippen LogP contribution in [0.3, 0.4) is 0 Å². The maximum atomic E-state index is 14.0. The van der Waals surface area contributed by atoms with Crippen molar-refractivity contribution in [3.63, 3.8) is 0 Å². The Labute approximate surface area is 186 Å². The third-order valence-corrected chi connectivity index (χ3v) is 8.41. The first-order valence-corrected chi connectivity index (χ1v) is 12.0. The zero-order chi connectivity index (χ0) is 21.6. The minimum Gasteiger partial charge on any atom is -0.379 e. The van der Waals surface area contributed by atoms with E-state index in [1.165, 1.54) is 29.7 Å². The summed E-state index contributed by atoms with van der Waals surface area (Å²) in [6.07, 6.45) is 7.48. The number of nitrogens with zero attached hydrogens (tertiary/aromatic N) is 3. The van der Waals surface area contributed by atoms with Gasteiger partial charge in [-0.3, -0.25) is 9.78 Å². The largest absolute Gasteiger partial charge is 0.379 e. The number of ether oxygens (including phenoxy) is 2.